The van der Waals surface area contributed by atoms with Gasteiger partial charge in [-0.15, -0.1) is 0 Å². The van der Waals surface area contributed by atoms with Crippen LogP contribution in [0.3, 0.4) is 0 Å². The van der Waals surface area contributed by atoms with Gasteiger partial charge in [-0.25, -0.2) is 4.98 Å². The number of benzene rings is 2. The van der Waals surface area contributed by atoms with Gasteiger partial charge in [-0.05, 0) is 59.9 Å². The number of ketones is 1. The number of imidazole rings is 1. The Kier molecular flexibility index (Phi) is 4.75. The van der Waals surface area contributed by atoms with Gasteiger partial charge in [0.1, 0.15) is 5.75 Å². The largest absolute Gasteiger partial charge is 0.474 e. The number of H-pyrrole nitrogens is 1. The van der Waals surface area contributed by atoms with E-state index in [1.165, 1.54) is 0 Å². The molecule has 2 heterocycles. The lowest BCUT2D eigenvalue weighted by Gasteiger charge is -2.31. The molecule has 2 aromatic carbocycles. The Morgan fingerprint density at radius 2 is 1.97 bits per heavy atom. The van der Waals surface area contributed by atoms with Crippen molar-refractivity contribution in [1.29, 1.82) is 0 Å². The Hall–Kier alpha value is -3.18. The molecule has 0 saturated carbocycles. The van der Waals surface area contributed by atoms with Crippen LogP contribution in [0, 0.1) is 0 Å². The van der Waals surface area contributed by atoms with E-state index in [-0.39, 0.29) is 5.78 Å². The molecule has 0 bridgehead atoms. The van der Waals surface area contributed by atoms with E-state index in [0.29, 0.717) is 6.42 Å². The average Bonchev–Trinajstić information content (AvgIpc) is 3.49. The molecule has 0 spiro atoms. The monoisotopic (exact) mass is 414 g/mol. The van der Waals surface area contributed by atoms with Crippen LogP contribution in [0.4, 0.5) is 0 Å². The summed E-state index contributed by atoms with van der Waals surface area (Å²) < 4.78 is 6.79. The molecule has 0 radical (unpaired) electrons. The summed E-state index contributed by atoms with van der Waals surface area (Å²) in [6, 6.07) is 16.1. The fraction of sp³-hybridized carbons (Fsp3) is 0.200. The number of carbonyl (C=O) groups is 1. The molecule has 0 saturated heterocycles. The normalized spacial score (nSPS) is 15.4. The fourth-order valence-corrected chi connectivity index (χ4v) is 4.91. The van der Waals surface area contributed by atoms with Gasteiger partial charge >= 0.3 is 0 Å². The van der Waals surface area contributed by atoms with E-state index in [1.807, 2.05) is 43.5 Å². The summed E-state index contributed by atoms with van der Waals surface area (Å²) in [6.07, 6.45) is 5.92. The highest BCUT2D eigenvalue weighted by atomic mass is 32.1. The van der Waals surface area contributed by atoms with Crippen molar-refractivity contribution in [2.45, 2.75) is 31.8 Å². The number of rotatable bonds is 5. The molecule has 1 aliphatic rings. The van der Waals surface area contributed by atoms with Crippen molar-refractivity contribution >= 4 is 17.1 Å². The Balaban J connectivity index is 1.69. The second-order valence-corrected chi connectivity index (χ2v) is 8.47. The van der Waals surface area contributed by atoms with Gasteiger partial charge < -0.3 is 9.72 Å². The molecule has 1 N–H and O–H groups in total. The smallest absolute Gasteiger partial charge is 0.188 e. The van der Waals surface area contributed by atoms with Gasteiger partial charge in [0, 0.05) is 35.5 Å². The molecule has 0 aliphatic heterocycles. The zero-order valence-electron chi connectivity index (χ0n) is 16.7. The highest BCUT2D eigenvalue weighted by Crippen LogP contribution is 2.43. The zero-order valence-corrected chi connectivity index (χ0v) is 17.5. The van der Waals surface area contributed by atoms with Crippen LogP contribution in [-0.4, -0.2) is 15.8 Å². The van der Waals surface area contributed by atoms with Crippen LogP contribution in [0.5, 0.6) is 5.75 Å². The molecule has 4 nitrogen and oxygen atoms in total. The molecule has 5 rings (SSSR count). The van der Waals surface area contributed by atoms with Crippen LogP contribution < -0.4 is 4.74 Å². The zero-order chi connectivity index (χ0) is 20.6. The van der Waals surface area contributed by atoms with Crippen molar-refractivity contribution in [2.75, 3.05) is 0 Å². The number of aromatic amines is 1. The minimum Gasteiger partial charge on any atom is -0.474 e. The first kappa shape index (κ1) is 18.8. The molecule has 150 valence electrons. The predicted molar refractivity (Wildman–Crippen MR) is 119 cm³/mol. The van der Waals surface area contributed by atoms with Crippen molar-refractivity contribution in [3.8, 4) is 16.9 Å². The average molecular weight is 415 g/mol. The van der Waals surface area contributed by atoms with E-state index < -0.39 is 5.60 Å². The second kappa shape index (κ2) is 7.58. The molecule has 4 aromatic rings. The minimum atomic E-state index is -0.803. The summed E-state index contributed by atoms with van der Waals surface area (Å²) >= 11 is 1.65. The molecule has 2 aromatic heterocycles. The third-order valence-electron chi connectivity index (χ3n) is 5.80. The van der Waals surface area contributed by atoms with Crippen LogP contribution in [0.25, 0.3) is 11.1 Å². The van der Waals surface area contributed by atoms with Crippen molar-refractivity contribution in [2.24, 2.45) is 0 Å². The molecule has 5 heteroatoms. The summed E-state index contributed by atoms with van der Waals surface area (Å²) in [4.78, 5) is 20.3. The number of aromatic nitrogens is 2. The van der Waals surface area contributed by atoms with Crippen molar-refractivity contribution in [1.82, 2.24) is 9.97 Å². The molecule has 0 unspecified atom stereocenters. The Labute approximate surface area is 179 Å². The number of thiophene rings is 1. The lowest BCUT2D eigenvalue weighted by Crippen LogP contribution is -2.32. The van der Waals surface area contributed by atoms with Gasteiger partial charge in [0.2, 0.25) is 0 Å². The van der Waals surface area contributed by atoms with Crippen LogP contribution in [0.2, 0.25) is 0 Å². The summed E-state index contributed by atoms with van der Waals surface area (Å²) in [5.41, 5.74) is 4.24. The highest BCUT2D eigenvalue weighted by Gasteiger charge is 2.36. The number of Topliss-reactive ketones (excluding diaryl/α,β-unsaturated/α-hetero) is 1. The molecule has 30 heavy (non-hydrogen) atoms. The Morgan fingerprint density at radius 1 is 1.10 bits per heavy atom. The summed E-state index contributed by atoms with van der Waals surface area (Å²) in [7, 11) is 0. The first-order chi connectivity index (χ1) is 14.7. The maximum absolute atomic E-state index is 12.6. The van der Waals surface area contributed by atoms with Crippen LogP contribution in [0.1, 0.15) is 47.1 Å². The number of fused-ring (bicyclic) bond motifs is 1. The molecule has 1 aliphatic carbocycles. The lowest BCUT2D eigenvalue weighted by atomic mass is 9.85. The van der Waals surface area contributed by atoms with Gasteiger partial charge in [0.15, 0.2) is 17.2 Å². The number of nitrogens with one attached hydrogen (secondary N) is 1. The van der Waals surface area contributed by atoms with E-state index >= 15 is 0 Å². The lowest BCUT2D eigenvalue weighted by molar-refractivity contribution is 0.0972. The minimum absolute atomic E-state index is 0.219. The number of carbonyl (C=O) groups excluding carboxylic acids is 1. The summed E-state index contributed by atoms with van der Waals surface area (Å²) in [5, 5.41) is 4.18. The van der Waals surface area contributed by atoms with Gasteiger partial charge in [-0.2, -0.15) is 11.3 Å². The predicted octanol–water partition coefficient (Wildman–Crippen LogP) is 6.00. The van der Waals surface area contributed by atoms with Crippen molar-refractivity contribution in [3.63, 3.8) is 0 Å². The second-order valence-electron chi connectivity index (χ2n) is 7.69. The summed E-state index contributed by atoms with van der Waals surface area (Å²) in [6.45, 7) is 2.03. The first-order valence-corrected chi connectivity index (χ1v) is 11.1. The van der Waals surface area contributed by atoms with E-state index in [0.717, 1.165) is 52.2 Å². The van der Waals surface area contributed by atoms with Gasteiger partial charge in [0.25, 0.3) is 0 Å². The number of hydrogen-bond acceptors (Lipinski definition) is 4. The molecule has 0 fully saturated rings. The van der Waals surface area contributed by atoms with Crippen molar-refractivity contribution < 1.29 is 9.53 Å². The fourth-order valence-electron chi connectivity index (χ4n) is 4.26. The molecule has 0 amide bonds. The third kappa shape index (κ3) is 3.15. The number of nitrogens with zero attached hydrogens (tertiary/aromatic N) is 1. The quantitative estimate of drug-likeness (QED) is 0.436. The van der Waals surface area contributed by atoms with Crippen molar-refractivity contribution in [3.05, 3.63) is 94.2 Å². The van der Waals surface area contributed by atoms with Crippen LogP contribution >= 0.6 is 11.3 Å². The Morgan fingerprint density at radius 3 is 2.70 bits per heavy atom. The van der Waals surface area contributed by atoms with Gasteiger partial charge in [-0.3, -0.25) is 4.79 Å². The molecular formula is C25H22N2O2S. The number of hydrogen-bond donors (Lipinski definition) is 1. The van der Waals surface area contributed by atoms with Gasteiger partial charge in [-0.1, -0.05) is 30.3 Å². The standard InChI is InChI=1S/C25H22N2O2S/c1-25(24-26-13-14-27-24,18-6-3-2-4-7-18)29-22-11-10-19-20(8-5-9-21(19)28)23(22)17-12-15-30-16-17/h2-4,6-7,10-16H,5,8-9H2,1H3,(H,26,27)/t25-/m0/s1. The summed E-state index contributed by atoms with van der Waals surface area (Å²) in [5.74, 6) is 1.72. The topological polar surface area (TPSA) is 55.0 Å². The first-order valence-electron chi connectivity index (χ1n) is 10.1. The van der Waals surface area contributed by atoms with E-state index in [1.54, 1.807) is 17.5 Å². The molecule has 1 atom stereocenters. The number of ether oxygens (including phenoxy) is 1. The Bertz CT molecular complexity index is 1170. The van der Waals surface area contributed by atoms with Crippen LogP contribution in [0.15, 0.2) is 71.7 Å². The van der Waals surface area contributed by atoms with Gasteiger partial charge in [0.05, 0.1) is 0 Å². The van der Waals surface area contributed by atoms with E-state index in [9.17, 15) is 4.79 Å². The SMILES string of the molecule is C[C@](Oc1ccc2c(c1-c1ccsc1)CCCC2=O)(c1ccccc1)c1ncc[nH]1. The highest BCUT2D eigenvalue weighted by molar-refractivity contribution is 7.08. The van der Waals surface area contributed by atoms with E-state index in [4.69, 9.17) is 4.74 Å². The maximum Gasteiger partial charge on any atom is 0.188 e. The molecular weight excluding hydrogens is 392 g/mol. The van der Waals surface area contributed by atoms with E-state index in [2.05, 4.69) is 38.9 Å². The van der Waals surface area contributed by atoms with Crippen LogP contribution in [-0.2, 0) is 12.0 Å². The third-order valence-corrected chi connectivity index (χ3v) is 6.49. The maximum atomic E-state index is 12.6.